The largest absolute Gasteiger partial charge is 0.497 e. The smallest absolute Gasteiger partial charge is 0.223 e. The van der Waals surface area contributed by atoms with Crippen LogP contribution in [0.3, 0.4) is 0 Å². The maximum atomic E-state index is 13.0. The van der Waals surface area contributed by atoms with Gasteiger partial charge in [-0.25, -0.2) is 4.98 Å². The van der Waals surface area contributed by atoms with E-state index in [4.69, 9.17) is 9.84 Å². The van der Waals surface area contributed by atoms with Crippen molar-refractivity contribution >= 4 is 5.91 Å². The number of fused-ring (bicyclic) bond motifs is 1. The summed E-state index contributed by atoms with van der Waals surface area (Å²) < 4.78 is 9.40. The first-order valence-electron chi connectivity index (χ1n) is 11.0. The van der Waals surface area contributed by atoms with Crippen molar-refractivity contribution in [3.63, 3.8) is 0 Å². The molecule has 0 N–H and O–H groups in total. The number of carbonyl (C=O) groups excluding carboxylic acids is 1. The zero-order valence-corrected chi connectivity index (χ0v) is 18.9. The molecule has 0 radical (unpaired) electrons. The normalized spacial score (nSPS) is 13.4. The Kier molecular flexibility index (Phi) is 6.11. The molecular formula is C24H31N5O2. The lowest BCUT2D eigenvalue weighted by molar-refractivity contribution is -0.132. The lowest BCUT2D eigenvalue weighted by atomic mass is 10.0. The van der Waals surface area contributed by atoms with Crippen molar-refractivity contribution in [1.82, 2.24) is 24.2 Å². The van der Waals surface area contributed by atoms with Crippen LogP contribution in [0, 0.1) is 6.92 Å². The van der Waals surface area contributed by atoms with E-state index in [0.29, 0.717) is 13.0 Å². The van der Waals surface area contributed by atoms with Gasteiger partial charge in [-0.15, -0.1) is 0 Å². The van der Waals surface area contributed by atoms with Crippen LogP contribution in [0.2, 0.25) is 0 Å². The topological polar surface area (TPSA) is 65.2 Å². The molecular weight excluding hydrogens is 390 g/mol. The third-order valence-electron chi connectivity index (χ3n) is 6.10. The number of nitrogens with zero attached hydrogens (tertiary/aromatic N) is 5. The van der Waals surface area contributed by atoms with E-state index >= 15 is 0 Å². The minimum Gasteiger partial charge on any atom is -0.497 e. The molecule has 2 aromatic heterocycles. The highest BCUT2D eigenvalue weighted by atomic mass is 16.5. The fraction of sp³-hybridized carbons (Fsp3) is 0.458. The number of hydrogen-bond acceptors (Lipinski definition) is 4. The summed E-state index contributed by atoms with van der Waals surface area (Å²) >= 11 is 0. The molecule has 0 saturated heterocycles. The minimum absolute atomic E-state index is 0.185. The fourth-order valence-corrected chi connectivity index (χ4v) is 4.34. The summed E-state index contributed by atoms with van der Waals surface area (Å²) in [5, 5.41) is 4.81. The van der Waals surface area contributed by atoms with E-state index in [-0.39, 0.29) is 5.91 Å². The van der Waals surface area contributed by atoms with Crippen LogP contribution in [0.4, 0.5) is 0 Å². The Morgan fingerprint density at radius 1 is 1.23 bits per heavy atom. The van der Waals surface area contributed by atoms with Gasteiger partial charge in [-0.1, -0.05) is 19.1 Å². The number of aromatic nitrogens is 4. The first kappa shape index (κ1) is 21.2. The van der Waals surface area contributed by atoms with Crippen molar-refractivity contribution < 1.29 is 9.53 Å². The average molecular weight is 422 g/mol. The predicted molar refractivity (Wildman–Crippen MR) is 120 cm³/mol. The SMILES string of the molecule is CCCn1c(C)cnc1-c1nn(C)c2c1CN(C(=O)CCc1ccc(OC)cc1)CC2. The molecule has 0 fully saturated rings. The zero-order chi connectivity index (χ0) is 22.0. The molecule has 0 saturated carbocycles. The summed E-state index contributed by atoms with van der Waals surface area (Å²) in [5.74, 6) is 1.92. The van der Waals surface area contributed by atoms with Crippen LogP contribution in [0.1, 0.15) is 42.3 Å². The molecule has 1 aliphatic heterocycles. The van der Waals surface area contributed by atoms with Crippen molar-refractivity contribution in [1.29, 1.82) is 0 Å². The number of hydrogen-bond donors (Lipinski definition) is 0. The number of aryl methyl sites for hydroxylation is 3. The third-order valence-corrected chi connectivity index (χ3v) is 6.10. The molecule has 1 aromatic carbocycles. The molecule has 1 aliphatic rings. The van der Waals surface area contributed by atoms with Crippen molar-refractivity contribution in [2.75, 3.05) is 13.7 Å². The van der Waals surface area contributed by atoms with E-state index in [1.165, 1.54) is 5.69 Å². The summed E-state index contributed by atoms with van der Waals surface area (Å²) in [6, 6.07) is 7.93. The molecule has 31 heavy (non-hydrogen) atoms. The fourth-order valence-electron chi connectivity index (χ4n) is 4.34. The molecule has 3 aromatic rings. The lowest BCUT2D eigenvalue weighted by Crippen LogP contribution is -2.36. The van der Waals surface area contributed by atoms with E-state index in [9.17, 15) is 4.79 Å². The summed E-state index contributed by atoms with van der Waals surface area (Å²) in [6.07, 6.45) is 5.00. The van der Waals surface area contributed by atoms with E-state index < -0.39 is 0 Å². The summed E-state index contributed by atoms with van der Waals surface area (Å²) in [4.78, 5) is 19.6. The van der Waals surface area contributed by atoms with Crippen LogP contribution < -0.4 is 4.74 Å². The first-order chi connectivity index (χ1) is 15.0. The summed E-state index contributed by atoms with van der Waals surface area (Å²) in [5.41, 5.74) is 5.53. The minimum atomic E-state index is 0.185. The molecule has 0 aliphatic carbocycles. The molecule has 164 valence electrons. The number of amides is 1. The Morgan fingerprint density at radius 2 is 2.00 bits per heavy atom. The maximum Gasteiger partial charge on any atom is 0.223 e. The van der Waals surface area contributed by atoms with Crippen LogP contribution >= 0.6 is 0 Å². The Labute approximate surface area is 183 Å². The maximum absolute atomic E-state index is 13.0. The van der Waals surface area contributed by atoms with Gasteiger partial charge in [0.05, 0.1) is 7.11 Å². The van der Waals surface area contributed by atoms with Gasteiger partial charge in [0.2, 0.25) is 5.91 Å². The highest BCUT2D eigenvalue weighted by Crippen LogP contribution is 2.30. The van der Waals surface area contributed by atoms with Crippen LogP contribution in [0.5, 0.6) is 5.75 Å². The molecule has 0 unspecified atom stereocenters. The van der Waals surface area contributed by atoms with Gasteiger partial charge in [-0.2, -0.15) is 5.10 Å². The Hall–Kier alpha value is -3.09. The predicted octanol–water partition coefficient (Wildman–Crippen LogP) is 3.53. The second kappa shape index (κ2) is 8.96. The Balaban J connectivity index is 1.51. The summed E-state index contributed by atoms with van der Waals surface area (Å²) in [7, 11) is 3.65. The number of methoxy groups -OCH3 is 1. The van der Waals surface area contributed by atoms with Crippen LogP contribution in [0.15, 0.2) is 30.5 Å². The van der Waals surface area contributed by atoms with Gasteiger partial charge in [0, 0.05) is 62.7 Å². The number of carbonyl (C=O) groups is 1. The Bertz CT molecular complexity index is 1060. The standard InChI is InChI=1S/C24H31N5O2/c1-5-13-29-17(2)15-25-24(29)23-20-16-28(14-12-21(20)27(3)26-23)22(30)11-8-18-6-9-19(31-4)10-7-18/h6-7,9-10,15H,5,8,11-14,16H2,1-4H3. The molecule has 7 heteroatoms. The second-order valence-corrected chi connectivity index (χ2v) is 8.19. The first-order valence-corrected chi connectivity index (χ1v) is 11.0. The van der Waals surface area contributed by atoms with Gasteiger partial charge in [0.1, 0.15) is 11.4 Å². The molecule has 0 spiro atoms. The number of rotatable bonds is 7. The van der Waals surface area contributed by atoms with Crippen molar-refractivity contribution in [3.05, 3.63) is 53.0 Å². The second-order valence-electron chi connectivity index (χ2n) is 8.19. The Morgan fingerprint density at radius 3 is 2.71 bits per heavy atom. The highest BCUT2D eigenvalue weighted by Gasteiger charge is 2.28. The number of imidazole rings is 1. The molecule has 4 rings (SSSR count). The van der Waals surface area contributed by atoms with Crippen LogP contribution in [0.25, 0.3) is 11.5 Å². The van der Waals surface area contributed by atoms with E-state index in [1.54, 1.807) is 7.11 Å². The van der Waals surface area contributed by atoms with Gasteiger partial charge in [0.15, 0.2) is 5.82 Å². The zero-order valence-electron chi connectivity index (χ0n) is 18.9. The van der Waals surface area contributed by atoms with E-state index in [1.807, 2.05) is 47.1 Å². The van der Waals surface area contributed by atoms with Crippen molar-refractivity contribution in [2.24, 2.45) is 7.05 Å². The number of ether oxygens (including phenoxy) is 1. The van der Waals surface area contributed by atoms with Gasteiger partial charge < -0.3 is 14.2 Å². The van der Waals surface area contributed by atoms with Gasteiger partial charge in [-0.3, -0.25) is 9.48 Å². The van der Waals surface area contributed by atoms with Crippen LogP contribution in [-0.4, -0.2) is 43.8 Å². The van der Waals surface area contributed by atoms with Gasteiger partial charge in [0.25, 0.3) is 0 Å². The quantitative estimate of drug-likeness (QED) is 0.585. The van der Waals surface area contributed by atoms with Gasteiger partial charge in [-0.05, 0) is 37.5 Å². The van der Waals surface area contributed by atoms with Crippen LogP contribution in [-0.2, 0) is 37.8 Å². The van der Waals surface area contributed by atoms with Crippen molar-refractivity contribution in [3.8, 4) is 17.3 Å². The van der Waals surface area contributed by atoms with E-state index in [2.05, 4.69) is 23.4 Å². The summed E-state index contributed by atoms with van der Waals surface area (Å²) in [6.45, 7) is 6.49. The van der Waals surface area contributed by atoms with E-state index in [0.717, 1.165) is 66.4 Å². The molecule has 3 heterocycles. The van der Waals surface area contributed by atoms with Crippen molar-refractivity contribution in [2.45, 2.75) is 52.6 Å². The van der Waals surface area contributed by atoms with Gasteiger partial charge >= 0.3 is 0 Å². The molecule has 1 amide bonds. The monoisotopic (exact) mass is 421 g/mol. The molecule has 0 atom stereocenters. The lowest BCUT2D eigenvalue weighted by Gasteiger charge is -2.28. The number of benzene rings is 1. The highest BCUT2D eigenvalue weighted by molar-refractivity contribution is 5.77. The third kappa shape index (κ3) is 4.22. The molecule has 0 bridgehead atoms. The average Bonchev–Trinajstić information content (AvgIpc) is 3.31. The molecule has 7 nitrogen and oxygen atoms in total.